The smallest absolute Gasteiger partial charge is 0.143 e. The molecule has 2 aromatic rings. The average molecular weight is 331 g/mol. The molecule has 0 aliphatic heterocycles. The predicted molar refractivity (Wildman–Crippen MR) is 82.0 cm³/mol. The molecule has 3 nitrogen and oxygen atoms in total. The number of phenols is 1. The zero-order valence-corrected chi connectivity index (χ0v) is 12.5. The third kappa shape index (κ3) is 3.79. The quantitative estimate of drug-likeness (QED) is 0.639. The number of oxime groups is 1. The second-order valence-electron chi connectivity index (χ2n) is 3.92. The van der Waals surface area contributed by atoms with E-state index >= 15 is 0 Å². The zero-order chi connectivity index (χ0) is 14.5. The Hall–Kier alpha value is -1.42. The zero-order valence-electron chi connectivity index (χ0n) is 10.2. The molecule has 0 saturated heterocycles. The third-order valence-electron chi connectivity index (χ3n) is 2.50. The maximum Gasteiger partial charge on any atom is 0.143 e. The van der Waals surface area contributed by atoms with Gasteiger partial charge in [-0.1, -0.05) is 58.2 Å². The molecule has 0 fully saturated rings. The summed E-state index contributed by atoms with van der Waals surface area (Å²) in [6, 6.07) is 10.3. The van der Waals surface area contributed by atoms with E-state index in [2.05, 4.69) is 5.16 Å². The summed E-state index contributed by atoms with van der Waals surface area (Å²) in [4.78, 5) is 5.13. The van der Waals surface area contributed by atoms with Crippen LogP contribution in [-0.2, 0) is 11.4 Å². The Kier molecular flexibility index (Phi) is 5.12. The Balaban J connectivity index is 2.03. The van der Waals surface area contributed by atoms with E-state index in [9.17, 15) is 5.11 Å². The van der Waals surface area contributed by atoms with Crippen molar-refractivity contribution in [2.75, 3.05) is 0 Å². The van der Waals surface area contributed by atoms with Crippen LogP contribution in [0.3, 0.4) is 0 Å². The van der Waals surface area contributed by atoms with Gasteiger partial charge in [0, 0.05) is 21.2 Å². The molecule has 0 aliphatic rings. The van der Waals surface area contributed by atoms with Crippen LogP contribution in [0.1, 0.15) is 11.1 Å². The highest BCUT2D eigenvalue weighted by Gasteiger charge is 2.06. The highest BCUT2D eigenvalue weighted by Crippen LogP contribution is 2.30. The van der Waals surface area contributed by atoms with Crippen LogP contribution < -0.4 is 0 Å². The Bertz CT molecular complexity index is 644. The fraction of sp³-hybridized carbons (Fsp3) is 0.0714. The Labute approximate surface area is 131 Å². The van der Waals surface area contributed by atoms with Gasteiger partial charge in [-0.3, -0.25) is 0 Å². The minimum atomic E-state index is -0.0961. The van der Waals surface area contributed by atoms with Gasteiger partial charge in [-0.2, -0.15) is 0 Å². The van der Waals surface area contributed by atoms with Crippen molar-refractivity contribution in [1.29, 1.82) is 0 Å². The van der Waals surface area contributed by atoms with Crippen LogP contribution in [0.5, 0.6) is 5.75 Å². The van der Waals surface area contributed by atoms with E-state index in [1.165, 1.54) is 18.3 Å². The first-order chi connectivity index (χ1) is 9.58. The van der Waals surface area contributed by atoms with E-state index in [1.54, 1.807) is 6.07 Å². The van der Waals surface area contributed by atoms with Gasteiger partial charge in [0.15, 0.2) is 0 Å². The number of nitrogens with zero attached hydrogens (tertiary/aromatic N) is 1. The number of rotatable bonds is 4. The summed E-state index contributed by atoms with van der Waals surface area (Å²) in [5.74, 6) is -0.0961. The average Bonchev–Trinajstić information content (AvgIpc) is 2.41. The Morgan fingerprint density at radius 3 is 2.60 bits per heavy atom. The maximum atomic E-state index is 9.72. The number of hydrogen-bond donors (Lipinski definition) is 1. The van der Waals surface area contributed by atoms with Crippen LogP contribution in [-0.4, -0.2) is 11.3 Å². The van der Waals surface area contributed by atoms with Gasteiger partial charge in [0.1, 0.15) is 12.4 Å². The molecule has 0 amide bonds. The fourth-order valence-corrected chi connectivity index (χ4v) is 2.20. The van der Waals surface area contributed by atoms with Crippen LogP contribution in [0.2, 0.25) is 15.1 Å². The highest BCUT2D eigenvalue weighted by molar-refractivity contribution is 6.36. The second-order valence-corrected chi connectivity index (χ2v) is 5.18. The van der Waals surface area contributed by atoms with Gasteiger partial charge in [0.25, 0.3) is 0 Å². The maximum absolute atomic E-state index is 9.72. The first-order valence-electron chi connectivity index (χ1n) is 5.64. The van der Waals surface area contributed by atoms with Gasteiger partial charge in [0.05, 0.1) is 11.2 Å². The van der Waals surface area contributed by atoms with Crippen LogP contribution in [0, 0.1) is 0 Å². The SMILES string of the molecule is Oc1c(Cl)cc(Cl)cc1/C=N/OCc1ccccc1Cl. The van der Waals surface area contributed by atoms with Crippen molar-refractivity contribution in [2.24, 2.45) is 5.16 Å². The monoisotopic (exact) mass is 329 g/mol. The number of phenolic OH excluding ortho intramolecular Hbond substituents is 1. The van der Waals surface area contributed by atoms with Crippen molar-refractivity contribution in [2.45, 2.75) is 6.61 Å². The van der Waals surface area contributed by atoms with Gasteiger partial charge in [-0.15, -0.1) is 0 Å². The predicted octanol–water partition coefficient (Wildman–Crippen LogP) is 4.90. The fourth-order valence-electron chi connectivity index (χ4n) is 1.50. The van der Waals surface area contributed by atoms with Crippen LogP contribution >= 0.6 is 34.8 Å². The molecule has 1 N–H and O–H groups in total. The lowest BCUT2D eigenvalue weighted by Gasteiger charge is -2.03. The lowest BCUT2D eigenvalue weighted by Crippen LogP contribution is -1.90. The highest BCUT2D eigenvalue weighted by atomic mass is 35.5. The summed E-state index contributed by atoms with van der Waals surface area (Å²) in [7, 11) is 0. The van der Waals surface area contributed by atoms with Crippen LogP contribution in [0.15, 0.2) is 41.6 Å². The minimum Gasteiger partial charge on any atom is -0.506 e. The lowest BCUT2D eigenvalue weighted by atomic mass is 10.2. The summed E-state index contributed by atoms with van der Waals surface area (Å²) in [6.07, 6.45) is 1.34. The third-order valence-corrected chi connectivity index (χ3v) is 3.38. The molecule has 104 valence electrons. The number of benzene rings is 2. The lowest BCUT2D eigenvalue weighted by molar-refractivity contribution is 0.132. The van der Waals surface area contributed by atoms with E-state index < -0.39 is 0 Å². The molecule has 0 atom stereocenters. The topological polar surface area (TPSA) is 41.8 Å². The molecule has 0 saturated carbocycles. The van der Waals surface area contributed by atoms with Crippen molar-refractivity contribution in [1.82, 2.24) is 0 Å². The summed E-state index contributed by atoms with van der Waals surface area (Å²) in [5, 5.41) is 14.7. The van der Waals surface area contributed by atoms with E-state index in [0.717, 1.165) is 5.56 Å². The minimum absolute atomic E-state index is 0.0961. The normalized spacial score (nSPS) is 10.9. The Morgan fingerprint density at radius 1 is 1.10 bits per heavy atom. The van der Waals surface area contributed by atoms with Gasteiger partial charge < -0.3 is 9.94 Å². The first-order valence-corrected chi connectivity index (χ1v) is 6.78. The standard InChI is InChI=1S/C14H10Cl3NO2/c15-11-5-10(14(19)13(17)6-11)7-18-20-8-9-3-1-2-4-12(9)16/h1-7,19H,8H2/b18-7+. The largest absolute Gasteiger partial charge is 0.506 e. The first kappa shape index (κ1) is 15.0. The van der Waals surface area contributed by atoms with E-state index in [1.807, 2.05) is 18.2 Å². The Morgan fingerprint density at radius 2 is 1.85 bits per heavy atom. The summed E-state index contributed by atoms with van der Waals surface area (Å²) >= 11 is 17.6. The van der Waals surface area contributed by atoms with E-state index in [4.69, 9.17) is 39.6 Å². The number of aromatic hydroxyl groups is 1. The van der Waals surface area contributed by atoms with E-state index in [0.29, 0.717) is 15.6 Å². The number of hydrogen-bond acceptors (Lipinski definition) is 3. The molecule has 0 radical (unpaired) electrons. The van der Waals surface area contributed by atoms with Crippen molar-refractivity contribution in [3.63, 3.8) is 0 Å². The molecule has 2 rings (SSSR count). The van der Waals surface area contributed by atoms with Crippen molar-refractivity contribution in [3.8, 4) is 5.75 Å². The van der Waals surface area contributed by atoms with Crippen molar-refractivity contribution < 1.29 is 9.94 Å². The van der Waals surface area contributed by atoms with Crippen LogP contribution in [0.4, 0.5) is 0 Å². The molecule has 20 heavy (non-hydrogen) atoms. The van der Waals surface area contributed by atoms with Gasteiger partial charge in [-0.25, -0.2) is 0 Å². The molecular formula is C14H10Cl3NO2. The summed E-state index contributed by atoms with van der Waals surface area (Å²) in [5.41, 5.74) is 1.20. The van der Waals surface area contributed by atoms with Gasteiger partial charge in [-0.05, 0) is 18.2 Å². The second kappa shape index (κ2) is 6.84. The molecule has 0 heterocycles. The van der Waals surface area contributed by atoms with E-state index in [-0.39, 0.29) is 17.4 Å². The van der Waals surface area contributed by atoms with Crippen molar-refractivity contribution >= 4 is 41.0 Å². The molecule has 6 heteroatoms. The van der Waals surface area contributed by atoms with Gasteiger partial charge >= 0.3 is 0 Å². The molecule has 2 aromatic carbocycles. The molecule has 0 unspecified atom stereocenters. The molecular weight excluding hydrogens is 321 g/mol. The number of halogens is 3. The molecule has 0 aliphatic carbocycles. The summed E-state index contributed by atoms with van der Waals surface area (Å²) < 4.78 is 0. The molecule has 0 spiro atoms. The van der Waals surface area contributed by atoms with Crippen LogP contribution in [0.25, 0.3) is 0 Å². The van der Waals surface area contributed by atoms with Gasteiger partial charge in [0.2, 0.25) is 0 Å². The molecule has 0 bridgehead atoms. The summed E-state index contributed by atoms with van der Waals surface area (Å²) in [6.45, 7) is 0.227. The molecule has 0 aromatic heterocycles. The van der Waals surface area contributed by atoms with Crippen molar-refractivity contribution in [3.05, 3.63) is 62.6 Å².